The number of hydrogen-bond acceptors (Lipinski definition) is 3. The Balaban J connectivity index is 2.60. The summed E-state index contributed by atoms with van der Waals surface area (Å²) in [6, 6.07) is 6.36. The van der Waals surface area contributed by atoms with Crippen LogP contribution >= 0.6 is 11.6 Å². The van der Waals surface area contributed by atoms with E-state index in [1.54, 1.807) is 23.9 Å². The number of benzene rings is 1. The zero-order chi connectivity index (χ0) is 12.6. The Morgan fingerprint density at radius 2 is 2.18 bits per heavy atom. The molecule has 1 heterocycles. The topological polar surface area (TPSA) is 61.0 Å². The van der Waals surface area contributed by atoms with Crippen molar-refractivity contribution >= 4 is 17.3 Å². The third kappa shape index (κ3) is 2.01. The summed E-state index contributed by atoms with van der Waals surface area (Å²) in [5, 5.41) is 15.4. The average molecular weight is 252 g/mol. The molecule has 0 unspecified atom stereocenters. The highest BCUT2D eigenvalue weighted by Gasteiger charge is 2.15. The minimum absolute atomic E-state index is 0.0434. The number of halogens is 1. The average Bonchev–Trinajstić information content (AvgIpc) is 2.53. The number of aryl methyl sites for hydroxylation is 2. The van der Waals surface area contributed by atoms with Gasteiger partial charge in [0.25, 0.3) is 5.69 Å². The van der Waals surface area contributed by atoms with E-state index in [1.165, 1.54) is 12.1 Å². The van der Waals surface area contributed by atoms with Crippen molar-refractivity contribution in [2.45, 2.75) is 6.92 Å². The van der Waals surface area contributed by atoms with Gasteiger partial charge in [-0.05, 0) is 12.5 Å². The Labute approximate surface area is 103 Å². The number of aromatic nitrogens is 2. The molecule has 0 saturated carbocycles. The molecule has 88 valence electrons. The first kappa shape index (κ1) is 11.6. The lowest BCUT2D eigenvalue weighted by Crippen LogP contribution is -1.89. The fraction of sp³-hybridized carbons (Fsp3) is 0.182. The van der Waals surface area contributed by atoms with Crippen LogP contribution in [0.4, 0.5) is 5.69 Å². The third-order valence-corrected chi connectivity index (χ3v) is 2.93. The van der Waals surface area contributed by atoms with Gasteiger partial charge in [-0.3, -0.25) is 14.8 Å². The number of rotatable bonds is 2. The molecule has 1 aromatic carbocycles. The highest BCUT2D eigenvalue weighted by atomic mass is 35.5. The van der Waals surface area contributed by atoms with E-state index in [4.69, 9.17) is 11.6 Å². The summed E-state index contributed by atoms with van der Waals surface area (Å²) in [7, 11) is 1.73. The van der Waals surface area contributed by atoms with Gasteiger partial charge in [0.05, 0.1) is 10.6 Å². The van der Waals surface area contributed by atoms with Crippen LogP contribution in [0.3, 0.4) is 0 Å². The van der Waals surface area contributed by atoms with E-state index < -0.39 is 4.92 Å². The molecule has 0 bridgehead atoms. The normalized spacial score (nSPS) is 10.5. The number of non-ortho nitro benzene ring substituents is 1. The van der Waals surface area contributed by atoms with Gasteiger partial charge in [-0.2, -0.15) is 5.10 Å². The molecule has 0 saturated heterocycles. The summed E-state index contributed by atoms with van der Waals surface area (Å²) in [4.78, 5) is 10.3. The van der Waals surface area contributed by atoms with Crippen LogP contribution in [0.15, 0.2) is 24.3 Å². The fourth-order valence-corrected chi connectivity index (χ4v) is 2.02. The summed E-state index contributed by atoms with van der Waals surface area (Å²) in [6.45, 7) is 1.82. The second-order valence-electron chi connectivity index (χ2n) is 3.68. The monoisotopic (exact) mass is 251 g/mol. The second kappa shape index (κ2) is 4.18. The molecule has 0 spiro atoms. The van der Waals surface area contributed by atoms with Crippen LogP contribution in [0.2, 0.25) is 5.15 Å². The molecule has 2 aromatic rings. The first-order valence-corrected chi connectivity index (χ1v) is 5.32. The maximum atomic E-state index is 10.7. The molecule has 0 aliphatic heterocycles. The molecule has 2 rings (SSSR count). The molecule has 5 nitrogen and oxygen atoms in total. The van der Waals surface area contributed by atoms with Crippen LogP contribution in [-0.2, 0) is 7.05 Å². The van der Waals surface area contributed by atoms with Crippen LogP contribution in [0.5, 0.6) is 0 Å². The number of nitro groups is 1. The van der Waals surface area contributed by atoms with Gasteiger partial charge in [-0.1, -0.05) is 23.7 Å². The quantitative estimate of drug-likeness (QED) is 0.609. The summed E-state index contributed by atoms with van der Waals surface area (Å²) in [5.74, 6) is 0. The minimum Gasteiger partial charge on any atom is -0.258 e. The van der Waals surface area contributed by atoms with Gasteiger partial charge in [0.2, 0.25) is 0 Å². The van der Waals surface area contributed by atoms with E-state index in [1.807, 2.05) is 6.92 Å². The van der Waals surface area contributed by atoms with Crippen molar-refractivity contribution < 1.29 is 4.92 Å². The van der Waals surface area contributed by atoms with Crippen LogP contribution in [-0.4, -0.2) is 14.7 Å². The van der Waals surface area contributed by atoms with Crippen molar-refractivity contribution in [2.75, 3.05) is 0 Å². The van der Waals surface area contributed by atoms with Crippen molar-refractivity contribution in [3.8, 4) is 11.1 Å². The second-order valence-corrected chi connectivity index (χ2v) is 4.04. The molecule has 0 aliphatic carbocycles. The Kier molecular flexibility index (Phi) is 2.85. The predicted octanol–water partition coefficient (Wildman–Crippen LogP) is 2.96. The molecule has 0 amide bonds. The molecule has 0 atom stereocenters. The van der Waals surface area contributed by atoms with Gasteiger partial charge in [0.15, 0.2) is 0 Å². The Morgan fingerprint density at radius 3 is 2.71 bits per heavy atom. The van der Waals surface area contributed by atoms with Crippen LogP contribution in [0.1, 0.15) is 5.69 Å². The number of nitrogens with zero attached hydrogens (tertiary/aromatic N) is 3. The molecular weight excluding hydrogens is 242 g/mol. The Hall–Kier alpha value is -1.88. The van der Waals surface area contributed by atoms with Crippen molar-refractivity contribution in [1.29, 1.82) is 0 Å². The van der Waals surface area contributed by atoms with E-state index in [2.05, 4.69) is 5.10 Å². The lowest BCUT2D eigenvalue weighted by Gasteiger charge is -2.00. The molecule has 1 aromatic heterocycles. The predicted molar refractivity (Wildman–Crippen MR) is 65.0 cm³/mol. The molecule has 0 radical (unpaired) electrons. The Morgan fingerprint density at radius 1 is 1.47 bits per heavy atom. The van der Waals surface area contributed by atoms with Gasteiger partial charge in [-0.25, -0.2) is 0 Å². The van der Waals surface area contributed by atoms with E-state index in [0.717, 1.165) is 11.3 Å². The molecule has 0 fully saturated rings. The molecule has 0 N–H and O–H groups in total. The van der Waals surface area contributed by atoms with Crippen LogP contribution < -0.4 is 0 Å². The zero-order valence-corrected chi connectivity index (χ0v) is 10.1. The maximum Gasteiger partial charge on any atom is 0.270 e. The van der Waals surface area contributed by atoms with Crippen molar-refractivity contribution in [2.24, 2.45) is 7.05 Å². The first-order chi connectivity index (χ1) is 8.00. The van der Waals surface area contributed by atoms with Crippen molar-refractivity contribution in [3.05, 3.63) is 45.2 Å². The lowest BCUT2D eigenvalue weighted by molar-refractivity contribution is -0.384. The van der Waals surface area contributed by atoms with Crippen LogP contribution in [0, 0.1) is 17.0 Å². The lowest BCUT2D eigenvalue weighted by atomic mass is 10.1. The van der Waals surface area contributed by atoms with Crippen LogP contribution in [0.25, 0.3) is 11.1 Å². The van der Waals surface area contributed by atoms with Gasteiger partial charge in [0.1, 0.15) is 5.15 Å². The smallest absolute Gasteiger partial charge is 0.258 e. The molecule has 17 heavy (non-hydrogen) atoms. The van der Waals surface area contributed by atoms with Gasteiger partial charge < -0.3 is 0 Å². The highest BCUT2D eigenvalue weighted by molar-refractivity contribution is 6.32. The SMILES string of the molecule is Cc1nn(C)c(Cl)c1-c1cccc([N+](=O)[O-])c1. The third-order valence-electron chi connectivity index (χ3n) is 2.50. The van der Waals surface area contributed by atoms with E-state index in [0.29, 0.717) is 10.7 Å². The summed E-state index contributed by atoms with van der Waals surface area (Å²) >= 11 is 6.11. The maximum absolute atomic E-state index is 10.7. The number of nitro benzene ring substituents is 1. The largest absolute Gasteiger partial charge is 0.270 e. The van der Waals surface area contributed by atoms with Crippen molar-refractivity contribution in [1.82, 2.24) is 9.78 Å². The first-order valence-electron chi connectivity index (χ1n) is 4.94. The summed E-state index contributed by atoms with van der Waals surface area (Å²) in [5.41, 5.74) is 2.23. The van der Waals surface area contributed by atoms with E-state index in [-0.39, 0.29) is 5.69 Å². The Bertz CT molecular complexity index is 592. The van der Waals surface area contributed by atoms with Gasteiger partial charge >= 0.3 is 0 Å². The zero-order valence-electron chi connectivity index (χ0n) is 9.35. The number of hydrogen-bond donors (Lipinski definition) is 0. The minimum atomic E-state index is -0.427. The molecular formula is C11H10ClN3O2. The van der Waals surface area contributed by atoms with E-state index >= 15 is 0 Å². The highest BCUT2D eigenvalue weighted by Crippen LogP contribution is 2.32. The summed E-state index contributed by atoms with van der Waals surface area (Å²) in [6.07, 6.45) is 0. The van der Waals surface area contributed by atoms with Crippen molar-refractivity contribution in [3.63, 3.8) is 0 Å². The summed E-state index contributed by atoms with van der Waals surface area (Å²) < 4.78 is 1.55. The molecule has 6 heteroatoms. The van der Waals surface area contributed by atoms with Gasteiger partial charge in [-0.15, -0.1) is 0 Å². The van der Waals surface area contributed by atoms with E-state index in [9.17, 15) is 10.1 Å². The fourth-order valence-electron chi connectivity index (χ4n) is 1.73. The standard InChI is InChI=1S/C11H10ClN3O2/c1-7-10(11(12)14(2)13-7)8-4-3-5-9(6-8)15(16)17/h3-6H,1-2H3. The van der Waals surface area contributed by atoms with Gasteiger partial charge in [0, 0.05) is 24.7 Å². The molecule has 0 aliphatic rings.